The maximum absolute atomic E-state index is 13.5. The molecule has 4 heterocycles. The monoisotopic (exact) mass is 603 g/mol. The Morgan fingerprint density at radius 2 is 1.54 bits per heavy atom. The lowest BCUT2D eigenvalue weighted by Crippen LogP contribution is -2.49. The highest BCUT2D eigenvalue weighted by molar-refractivity contribution is 7.90. The lowest BCUT2D eigenvalue weighted by molar-refractivity contribution is 0.0216. The van der Waals surface area contributed by atoms with E-state index >= 15 is 0 Å². The van der Waals surface area contributed by atoms with Crippen LogP contribution in [0, 0.1) is 6.92 Å². The Labute approximate surface area is 241 Å². The Morgan fingerprint density at radius 1 is 0.902 bits per heavy atom. The number of carbonyl (C=O) groups is 1. The van der Waals surface area contributed by atoms with Gasteiger partial charge in [0.2, 0.25) is 10.0 Å². The number of piperidine rings is 2. The van der Waals surface area contributed by atoms with Gasteiger partial charge < -0.3 is 9.64 Å². The first-order valence-electron chi connectivity index (χ1n) is 13.9. The number of hydrogen-bond acceptors (Lipinski definition) is 8. The molecule has 2 saturated heterocycles. The van der Waals surface area contributed by atoms with Crippen molar-refractivity contribution in [2.45, 2.75) is 75.0 Å². The summed E-state index contributed by atoms with van der Waals surface area (Å²) >= 11 is 0. The molecule has 1 aromatic carbocycles. The van der Waals surface area contributed by atoms with E-state index in [1.807, 2.05) is 6.92 Å². The van der Waals surface area contributed by atoms with Gasteiger partial charge in [0.05, 0.1) is 15.8 Å². The van der Waals surface area contributed by atoms with Crippen LogP contribution in [0.5, 0.6) is 0 Å². The first kappa shape index (κ1) is 29.5. The van der Waals surface area contributed by atoms with E-state index in [-0.39, 0.29) is 10.8 Å². The molecule has 2 aliphatic heterocycles. The number of likely N-dealkylation sites (tertiary alicyclic amines) is 1. The molecule has 0 spiro atoms. The predicted molar refractivity (Wildman–Crippen MR) is 155 cm³/mol. The summed E-state index contributed by atoms with van der Waals surface area (Å²) in [7, 11) is -7.37. The van der Waals surface area contributed by atoms with Crippen LogP contribution in [0.25, 0.3) is 11.0 Å². The Morgan fingerprint density at radius 3 is 2.15 bits per heavy atom. The third-order valence-electron chi connectivity index (χ3n) is 7.77. The molecular formula is C28H37N5O6S2. The van der Waals surface area contributed by atoms with Gasteiger partial charge in [0.25, 0.3) is 10.0 Å². The van der Waals surface area contributed by atoms with Crippen molar-refractivity contribution in [1.29, 1.82) is 0 Å². The Bertz CT molecular complexity index is 1630. The zero-order chi connectivity index (χ0) is 29.6. The summed E-state index contributed by atoms with van der Waals surface area (Å²) in [5.74, 6) is -0.0288. The van der Waals surface area contributed by atoms with Crippen molar-refractivity contribution in [1.82, 2.24) is 23.1 Å². The molecule has 41 heavy (non-hydrogen) atoms. The molecule has 13 heteroatoms. The highest BCUT2D eigenvalue weighted by atomic mass is 32.2. The largest absolute Gasteiger partial charge is 0.444 e. The second-order valence-corrected chi connectivity index (χ2v) is 15.8. The zero-order valence-corrected chi connectivity index (χ0v) is 25.5. The summed E-state index contributed by atoms with van der Waals surface area (Å²) in [5.41, 5.74) is 1.40. The van der Waals surface area contributed by atoms with Crippen molar-refractivity contribution in [3.8, 4) is 0 Å². The third-order valence-corrected chi connectivity index (χ3v) is 11.9. The number of sulfonamides is 1. The average molecular weight is 604 g/mol. The minimum atomic E-state index is -3.84. The van der Waals surface area contributed by atoms with E-state index in [4.69, 9.17) is 4.74 Å². The van der Waals surface area contributed by atoms with Crippen LogP contribution < -0.4 is 0 Å². The van der Waals surface area contributed by atoms with Crippen molar-refractivity contribution in [2.24, 2.45) is 0 Å². The second kappa shape index (κ2) is 11.0. The number of rotatable bonds is 5. The average Bonchev–Trinajstić information content (AvgIpc) is 3.38. The second-order valence-electron chi connectivity index (χ2n) is 11.8. The van der Waals surface area contributed by atoms with E-state index in [1.54, 1.807) is 60.3 Å². The van der Waals surface area contributed by atoms with Crippen LogP contribution in [0.2, 0.25) is 0 Å². The number of fused-ring (bicyclic) bond motifs is 1. The quantitative estimate of drug-likeness (QED) is 0.429. The molecule has 0 N–H and O–H groups in total. The molecule has 1 amide bonds. The van der Waals surface area contributed by atoms with Crippen molar-refractivity contribution >= 4 is 37.2 Å². The van der Waals surface area contributed by atoms with Crippen LogP contribution in [0.3, 0.4) is 0 Å². The van der Waals surface area contributed by atoms with Crippen LogP contribution in [0.15, 0.2) is 47.8 Å². The third kappa shape index (κ3) is 5.98. The number of benzene rings is 1. The summed E-state index contributed by atoms with van der Waals surface area (Å²) in [5, 5.41) is 0.114. The first-order valence-corrected chi connectivity index (χ1v) is 16.8. The molecule has 0 aliphatic carbocycles. The molecule has 0 bridgehead atoms. The first-order chi connectivity index (χ1) is 19.3. The van der Waals surface area contributed by atoms with E-state index < -0.39 is 37.0 Å². The summed E-state index contributed by atoms with van der Waals surface area (Å²) in [6.07, 6.45) is 4.34. The zero-order valence-electron chi connectivity index (χ0n) is 23.9. The number of ether oxygens (including phenoxy) is 1. The number of aromatic nitrogens is 3. The van der Waals surface area contributed by atoms with Crippen LogP contribution >= 0.6 is 0 Å². The molecule has 2 fully saturated rings. The number of nitrogens with zero attached hydrogens (tertiary/aromatic N) is 5. The minimum absolute atomic E-state index is 0.0288. The number of carbonyl (C=O) groups excluding carboxylic acids is 1. The molecule has 11 nitrogen and oxygen atoms in total. The molecule has 2 aliphatic rings. The van der Waals surface area contributed by atoms with Gasteiger partial charge in [-0.3, -0.25) is 0 Å². The lowest BCUT2D eigenvalue weighted by atomic mass is 9.93. The van der Waals surface area contributed by atoms with E-state index in [1.165, 1.54) is 16.5 Å². The predicted octanol–water partition coefficient (Wildman–Crippen LogP) is 3.89. The Balaban J connectivity index is 1.26. The van der Waals surface area contributed by atoms with E-state index in [0.29, 0.717) is 62.9 Å². The van der Waals surface area contributed by atoms with Crippen LogP contribution in [-0.2, 0) is 24.8 Å². The van der Waals surface area contributed by atoms with Gasteiger partial charge in [0.15, 0.2) is 5.65 Å². The normalized spacial score (nSPS) is 18.6. The van der Waals surface area contributed by atoms with Gasteiger partial charge >= 0.3 is 6.09 Å². The smallest absolute Gasteiger partial charge is 0.410 e. The van der Waals surface area contributed by atoms with Crippen LogP contribution in [0.4, 0.5) is 4.79 Å². The lowest BCUT2D eigenvalue weighted by Gasteiger charge is -2.37. The highest BCUT2D eigenvalue weighted by Gasteiger charge is 2.39. The summed E-state index contributed by atoms with van der Waals surface area (Å²) in [4.78, 5) is 22.9. The number of aryl methyl sites for hydroxylation is 1. The van der Waals surface area contributed by atoms with Gasteiger partial charge in [-0.1, -0.05) is 17.7 Å². The van der Waals surface area contributed by atoms with Crippen LogP contribution in [-0.4, -0.2) is 83.1 Å². The molecule has 5 rings (SSSR count). The highest BCUT2D eigenvalue weighted by Crippen LogP contribution is 2.34. The molecule has 0 atom stereocenters. The fourth-order valence-electron chi connectivity index (χ4n) is 5.55. The molecule has 0 unspecified atom stereocenters. The van der Waals surface area contributed by atoms with Gasteiger partial charge in [0, 0.05) is 43.7 Å². The summed E-state index contributed by atoms with van der Waals surface area (Å²) < 4.78 is 61.8. The molecular weight excluding hydrogens is 566 g/mol. The maximum Gasteiger partial charge on any atom is 0.410 e. The fourth-order valence-corrected chi connectivity index (χ4v) is 8.80. The van der Waals surface area contributed by atoms with Gasteiger partial charge in [-0.15, -0.1) is 0 Å². The Hall–Kier alpha value is -3.03. The van der Waals surface area contributed by atoms with Gasteiger partial charge in [-0.05, 0) is 71.6 Å². The van der Waals surface area contributed by atoms with E-state index in [9.17, 15) is 21.6 Å². The van der Waals surface area contributed by atoms with E-state index in [0.717, 1.165) is 11.3 Å². The molecule has 2 aromatic heterocycles. The van der Waals surface area contributed by atoms with Gasteiger partial charge in [0.1, 0.15) is 11.9 Å². The van der Waals surface area contributed by atoms with Crippen molar-refractivity contribution in [3.63, 3.8) is 0 Å². The molecule has 222 valence electrons. The van der Waals surface area contributed by atoms with Crippen molar-refractivity contribution < 1.29 is 26.4 Å². The molecule has 0 radical (unpaired) electrons. The van der Waals surface area contributed by atoms with Gasteiger partial charge in [-0.2, -0.15) is 0 Å². The molecule has 3 aromatic rings. The van der Waals surface area contributed by atoms with Gasteiger partial charge in [-0.25, -0.2) is 39.9 Å². The fraction of sp³-hybridized carbons (Fsp3) is 0.536. The standard InChI is InChI=1S/C28H37N5O6S2/c1-20-5-7-22(8-6-20)41(37,38)33-18-13-24-25(29-19-30-26(24)33)21-9-16-32(17-10-21)40(35,36)23-11-14-31(15-12-23)27(34)39-28(2,3)4/h5-8,13,18-19,21,23H,9-12,14-17H2,1-4H3. The summed E-state index contributed by atoms with van der Waals surface area (Å²) in [6, 6.07) is 8.39. The molecule has 0 saturated carbocycles. The topological polar surface area (TPSA) is 132 Å². The Kier molecular flexibility index (Phi) is 7.90. The van der Waals surface area contributed by atoms with Crippen molar-refractivity contribution in [3.05, 3.63) is 54.1 Å². The maximum atomic E-state index is 13.5. The minimum Gasteiger partial charge on any atom is -0.444 e. The SMILES string of the molecule is Cc1ccc(S(=O)(=O)n2ccc3c(C4CCN(S(=O)(=O)C5CCN(C(=O)OC(C)(C)C)CC5)CC4)ncnc32)cc1. The van der Waals surface area contributed by atoms with E-state index in [2.05, 4.69) is 9.97 Å². The number of hydrogen-bond donors (Lipinski definition) is 0. The van der Waals surface area contributed by atoms with Crippen molar-refractivity contribution in [2.75, 3.05) is 26.2 Å². The number of amides is 1. The summed E-state index contributed by atoms with van der Waals surface area (Å²) in [6.45, 7) is 8.71. The van der Waals surface area contributed by atoms with Crippen LogP contribution in [0.1, 0.15) is 63.6 Å².